The minimum absolute atomic E-state index is 0.0496. The van der Waals surface area contributed by atoms with Crippen molar-refractivity contribution in [2.45, 2.75) is 75.3 Å². The van der Waals surface area contributed by atoms with E-state index in [1.807, 2.05) is 12.1 Å². The van der Waals surface area contributed by atoms with Crippen molar-refractivity contribution in [1.82, 2.24) is 10.2 Å². The number of hydrogen-bond acceptors (Lipinski definition) is 3. The molecule has 1 amide bonds. The summed E-state index contributed by atoms with van der Waals surface area (Å²) in [6.45, 7) is 2.83. The van der Waals surface area contributed by atoms with E-state index in [1.165, 1.54) is 18.4 Å². The number of alkyl halides is 2. The molecule has 3 aliphatic rings. The van der Waals surface area contributed by atoms with Crippen molar-refractivity contribution in [3.63, 3.8) is 0 Å². The number of amides is 1. The van der Waals surface area contributed by atoms with Crippen LogP contribution < -0.4 is 11.1 Å². The topological polar surface area (TPSA) is 58.4 Å². The van der Waals surface area contributed by atoms with Gasteiger partial charge in [-0.15, -0.1) is 0 Å². The normalized spacial score (nSPS) is 29.8. The molecule has 29 heavy (non-hydrogen) atoms. The van der Waals surface area contributed by atoms with Gasteiger partial charge in [-0.3, -0.25) is 9.69 Å². The summed E-state index contributed by atoms with van der Waals surface area (Å²) < 4.78 is 26.5. The summed E-state index contributed by atoms with van der Waals surface area (Å²) in [7, 11) is 0. The third-order valence-corrected chi connectivity index (χ3v) is 7.34. The number of nitrogens with zero attached hydrogens (tertiary/aromatic N) is 1. The molecule has 1 aromatic rings. The average molecular weight is 406 g/mol. The number of piperidine rings is 1. The van der Waals surface area contributed by atoms with Crippen molar-refractivity contribution in [2.24, 2.45) is 11.7 Å². The first-order valence-corrected chi connectivity index (χ1v) is 11.2. The Morgan fingerprint density at radius 2 is 1.83 bits per heavy atom. The second-order valence-corrected chi connectivity index (χ2v) is 9.28. The van der Waals surface area contributed by atoms with Crippen LogP contribution in [0.1, 0.15) is 73.2 Å². The van der Waals surface area contributed by atoms with Crippen LogP contribution >= 0.6 is 0 Å². The largest absolute Gasteiger partial charge is 0.366 e. The molecule has 6 heteroatoms. The molecule has 2 bridgehead atoms. The lowest BCUT2D eigenvalue weighted by Crippen LogP contribution is -2.45. The van der Waals surface area contributed by atoms with E-state index in [0.717, 1.165) is 32.5 Å². The van der Waals surface area contributed by atoms with Crippen molar-refractivity contribution in [3.8, 4) is 0 Å². The van der Waals surface area contributed by atoms with Crippen LogP contribution in [-0.2, 0) is 0 Å². The maximum absolute atomic E-state index is 13.3. The van der Waals surface area contributed by atoms with Gasteiger partial charge < -0.3 is 11.1 Å². The van der Waals surface area contributed by atoms with Crippen molar-refractivity contribution in [3.05, 3.63) is 35.4 Å². The van der Waals surface area contributed by atoms with Crippen molar-refractivity contribution < 1.29 is 13.6 Å². The molecule has 160 valence electrons. The van der Waals surface area contributed by atoms with Gasteiger partial charge >= 0.3 is 0 Å². The summed E-state index contributed by atoms with van der Waals surface area (Å²) in [6, 6.07) is 9.03. The number of primary amides is 1. The first-order chi connectivity index (χ1) is 13.9. The molecule has 4 nitrogen and oxygen atoms in total. The van der Waals surface area contributed by atoms with Gasteiger partial charge in [0.05, 0.1) is 0 Å². The number of benzene rings is 1. The molecule has 0 aromatic heterocycles. The minimum Gasteiger partial charge on any atom is -0.366 e. The zero-order valence-electron chi connectivity index (χ0n) is 17.1. The maximum Gasteiger partial charge on any atom is 0.248 e. The summed E-state index contributed by atoms with van der Waals surface area (Å²) in [4.78, 5) is 14.1. The van der Waals surface area contributed by atoms with Crippen LogP contribution in [0.4, 0.5) is 8.78 Å². The average Bonchev–Trinajstić information content (AvgIpc) is 2.93. The predicted molar refractivity (Wildman–Crippen MR) is 110 cm³/mol. The van der Waals surface area contributed by atoms with Crippen molar-refractivity contribution in [1.29, 1.82) is 0 Å². The number of nitrogens with two attached hydrogens (primary N) is 1. The lowest BCUT2D eigenvalue weighted by Gasteiger charge is -2.39. The molecular formula is C23H33F2N3O. The molecule has 4 rings (SSSR count). The molecule has 2 aliphatic heterocycles. The Morgan fingerprint density at radius 3 is 2.48 bits per heavy atom. The van der Waals surface area contributed by atoms with Crippen LogP contribution in [0.15, 0.2) is 24.3 Å². The van der Waals surface area contributed by atoms with Gasteiger partial charge in [0.2, 0.25) is 11.8 Å². The highest BCUT2D eigenvalue weighted by atomic mass is 19.3. The molecule has 2 atom stereocenters. The smallest absolute Gasteiger partial charge is 0.248 e. The van der Waals surface area contributed by atoms with Gasteiger partial charge in [-0.25, -0.2) is 8.78 Å². The van der Waals surface area contributed by atoms with E-state index in [2.05, 4.69) is 16.3 Å². The third kappa shape index (κ3) is 4.97. The van der Waals surface area contributed by atoms with E-state index in [1.54, 1.807) is 6.07 Å². The summed E-state index contributed by atoms with van der Waals surface area (Å²) in [5, 5.41) is 3.52. The van der Waals surface area contributed by atoms with E-state index in [-0.39, 0.29) is 18.7 Å². The van der Waals surface area contributed by atoms with Gasteiger partial charge in [-0.1, -0.05) is 12.1 Å². The van der Waals surface area contributed by atoms with E-state index in [4.69, 9.17) is 5.73 Å². The fourth-order valence-corrected chi connectivity index (χ4v) is 5.68. The Kier molecular flexibility index (Phi) is 6.21. The SMILES string of the molecule is NC(=O)c1cccc(C2CC3CCC(C2)N3CCNCC2CCC(F)(F)CC2)c1. The lowest BCUT2D eigenvalue weighted by atomic mass is 9.84. The number of carbonyl (C=O) groups is 1. The lowest BCUT2D eigenvalue weighted by molar-refractivity contribution is -0.0455. The monoisotopic (exact) mass is 405 g/mol. The highest BCUT2D eigenvalue weighted by Gasteiger charge is 2.40. The number of carbonyl (C=O) groups excluding carboxylic acids is 1. The number of halogens is 2. The van der Waals surface area contributed by atoms with Gasteiger partial charge in [0.15, 0.2) is 0 Å². The van der Waals surface area contributed by atoms with Crippen LogP contribution in [0, 0.1) is 5.92 Å². The first-order valence-electron chi connectivity index (χ1n) is 11.2. The molecule has 2 heterocycles. The van der Waals surface area contributed by atoms with Crippen LogP contribution in [0.2, 0.25) is 0 Å². The Labute approximate surface area is 172 Å². The molecule has 1 saturated carbocycles. The Hall–Kier alpha value is -1.53. The highest BCUT2D eigenvalue weighted by molar-refractivity contribution is 5.92. The summed E-state index contributed by atoms with van der Waals surface area (Å²) in [5.41, 5.74) is 7.28. The van der Waals surface area contributed by atoms with Gasteiger partial charge in [0.25, 0.3) is 0 Å². The second kappa shape index (κ2) is 8.68. The zero-order chi connectivity index (χ0) is 20.4. The van der Waals surface area contributed by atoms with E-state index in [0.29, 0.717) is 42.3 Å². The van der Waals surface area contributed by atoms with Gasteiger partial charge in [-0.05, 0) is 74.6 Å². The fraction of sp³-hybridized carbons (Fsp3) is 0.696. The molecule has 1 aromatic carbocycles. The standard InChI is InChI=1S/C23H33F2N3O/c24-23(25)8-6-16(7-9-23)15-27-10-11-28-20-4-5-21(28)14-19(13-20)17-2-1-3-18(12-17)22(26)29/h1-3,12,16,19-21,27H,4-11,13-15H2,(H2,26,29). The molecular weight excluding hydrogens is 372 g/mol. The summed E-state index contributed by atoms with van der Waals surface area (Å²) in [5.74, 6) is -1.90. The maximum atomic E-state index is 13.3. The van der Waals surface area contributed by atoms with E-state index >= 15 is 0 Å². The third-order valence-electron chi connectivity index (χ3n) is 7.34. The van der Waals surface area contributed by atoms with Crippen LogP contribution in [0.25, 0.3) is 0 Å². The Bertz CT molecular complexity index is 702. The zero-order valence-corrected chi connectivity index (χ0v) is 17.1. The first kappa shape index (κ1) is 20.7. The van der Waals surface area contributed by atoms with Crippen LogP contribution in [-0.4, -0.2) is 48.4 Å². The van der Waals surface area contributed by atoms with Gasteiger partial charge in [-0.2, -0.15) is 0 Å². The number of fused-ring (bicyclic) bond motifs is 2. The highest BCUT2D eigenvalue weighted by Crippen LogP contribution is 2.43. The fourth-order valence-electron chi connectivity index (χ4n) is 5.68. The summed E-state index contributed by atoms with van der Waals surface area (Å²) in [6.07, 6.45) is 6.14. The minimum atomic E-state index is -2.43. The molecule has 2 unspecified atom stereocenters. The number of rotatable bonds is 7. The second-order valence-electron chi connectivity index (χ2n) is 9.28. The molecule has 0 radical (unpaired) electrons. The Balaban J connectivity index is 1.24. The molecule has 1 aliphatic carbocycles. The number of nitrogens with one attached hydrogen (secondary N) is 1. The van der Waals surface area contributed by atoms with Gasteiger partial charge in [0, 0.05) is 43.6 Å². The molecule has 2 saturated heterocycles. The molecule has 3 fully saturated rings. The van der Waals surface area contributed by atoms with Crippen LogP contribution in [0.3, 0.4) is 0 Å². The number of hydrogen-bond donors (Lipinski definition) is 2. The quantitative estimate of drug-likeness (QED) is 0.676. The van der Waals surface area contributed by atoms with E-state index in [9.17, 15) is 13.6 Å². The van der Waals surface area contributed by atoms with Gasteiger partial charge in [0.1, 0.15) is 0 Å². The van der Waals surface area contributed by atoms with Crippen molar-refractivity contribution in [2.75, 3.05) is 19.6 Å². The van der Waals surface area contributed by atoms with Crippen molar-refractivity contribution >= 4 is 5.91 Å². The van der Waals surface area contributed by atoms with Crippen LogP contribution in [0.5, 0.6) is 0 Å². The summed E-state index contributed by atoms with van der Waals surface area (Å²) >= 11 is 0. The molecule has 0 spiro atoms. The van der Waals surface area contributed by atoms with E-state index < -0.39 is 5.92 Å². The molecule has 3 N–H and O–H groups in total. The predicted octanol–water partition coefficient (Wildman–Crippen LogP) is 3.91. The Morgan fingerprint density at radius 1 is 1.14 bits per heavy atom.